The van der Waals surface area contributed by atoms with Crippen LogP contribution in [0.5, 0.6) is 0 Å². The van der Waals surface area contributed by atoms with Gasteiger partial charge in [0.2, 0.25) is 5.91 Å². The number of benzene rings is 1. The smallest absolute Gasteiger partial charge is 0.247 e. The Hall–Kier alpha value is -2.57. The van der Waals surface area contributed by atoms with Crippen LogP contribution in [-0.2, 0) is 4.79 Å². The van der Waals surface area contributed by atoms with Gasteiger partial charge in [0, 0.05) is 23.3 Å². The number of hydrogen-bond acceptors (Lipinski definition) is 5. The molecule has 0 saturated heterocycles. The summed E-state index contributed by atoms with van der Waals surface area (Å²) in [5, 5.41) is 8.41. The number of aromatic nitrogens is 2. The number of pyridine rings is 1. The minimum absolute atomic E-state index is 0.130. The first-order chi connectivity index (χ1) is 11.3. The first-order valence-corrected chi connectivity index (χ1v) is 8.05. The minimum atomic E-state index is -0.413. The summed E-state index contributed by atoms with van der Waals surface area (Å²) in [7, 11) is 1.77. The number of thiazole rings is 1. The molecule has 0 aliphatic rings. The van der Waals surface area contributed by atoms with Gasteiger partial charge in [-0.3, -0.25) is 9.78 Å². The standard InChI is InChI=1S/C17H16N4OS/c1-18-15(13-5-3-2-4-6-13)16(22)21-17-20-14(11-23-17)12-7-9-19-10-8-12/h2-11,15,18H,1H3,(H,20,21,22). The number of nitrogens with one attached hydrogen (secondary N) is 2. The lowest BCUT2D eigenvalue weighted by molar-refractivity contribution is -0.118. The SMILES string of the molecule is CNC(C(=O)Nc1nc(-c2ccncc2)cs1)c1ccccc1. The number of likely N-dealkylation sites (N-methyl/N-ethyl adjacent to an activating group) is 1. The van der Waals surface area contributed by atoms with Crippen LogP contribution in [0.15, 0.2) is 60.2 Å². The highest BCUT2D eigenvalue weighted by atomic mass is 32.1. The van der Waals surface area contributed by atoms with Gasteiger partial charge in [0.05, 0.1) is 5.69 Å². The summed E-state index contributed by atoms with van der Waals surface area (Å²) >= 11 is 1.40. The molecule has 3 aromatic rings. The molecule has 0 radical (unpaired) electrons. The average Bonchev–Trinajstić information content (AvgIpc) is 3.06. The normalized spacial score (nSPS) is 11.9. The number of rotatable bonds is 5. The highest BCUT2D eigenvalue weighted by Crippen LogP contribution is 2.25. The van der Waals surface area contributed by atoms with Crippen molar-refractivity contribution in [2.45, 2.75) is 6.04 Å². The highest BCUT2D eigenvalue weighted by molar-refractivity contribution is 7.14. The lowest BCUT2D eigenvalue weighted by Crippen LogP contribution is -2.30. The zero-order valence-electron chi connectivity index (χ0n) is 12.6. The molecule has 0 fully saturated rings. The third-order valence-electron chi connectivity index (χ3n) is 3.39. The number of hydrogen-bond donors (Lipinski definition) is 2. The molecule has 23 heavy (non-hydrogen) atoms. The molecule has 2 N–H and O–H groups in total. The van der Waals surface area contributed by atoms with Gasteiger partial charge in [0.25, 0.3) is 0 Å². The van der Waals surface area contributed by atoms with E-state index in [0.29, 0.717) is 5.13 Å². The van der Waals surface area contributed by atoms with Crippen molar-refractivity contribution >= 4 is 22.4 Å². The fourth-order valence-electron chi connectivity index (χ4n) is 2.26. The van der Waals surface area contributed by atoms with Crippen LogP contribution < -0.4 is 10.6 Å². The molecule has 1 unspecified atom stereocenters. The third-order valence-corrected chi connectivity index (χ3v) is 4.15. The number of amides is 1. The molecular formula is C17H16N4OS. The molecule has 2 aromatic heterocycles. The maximum Gasteiger partial charge on any atom is 0.247 e. The van der Waals surface area contributed by atoms with E-state index in [2.05, 4.69) is 20.6 Å². The quantitative estimate of drug-likeness (QED) is 0.757. The molecule has 0 aliphatic carbocycles. The van der Waals surface area contributed by atoms with Gasteiger partial charge in [-0.25, -0.2) is 4.98 Å². The van der Waals surface area contributed by atoms with Crippen LogP contribution in [0.25, 0.3) is 11.3 Å². The number of carbonyl (C=O) groups excluding carboxylic acids is 1. The van der Waals surface area contributed by atoms with Crippen LogP contribution in [0, 0.1) is 0 Å². The molecule has 1 atom stereocenters. The fourth-order valence-corrected chi connectivity index (χ4v) is 2.98. The average molecular weight is 324 g/mol. The van der Waals surface area contributed by atoms with Crippen molar-refractivity contribution in [1.82, 2.24) is 15.3 Å². The first kappa shape index (κ1) is 15.3. The number of carbonyl (C=O) groups is 1. The summed E-state index contributed by atoms with van der Waals surface area (Å²) in [6.45, 7) is 0. The van der Waals surface area contributed by atoms with E-state index in [9.17, 15) is 4.79 Å². The van der Waals surface area contributed by atoms with Crippen LogP contribution in [0.3, 0.4) is 0 Å². The maximum absolute atomic E-state index is 12.5. The van der Waals surface area contributed by atoms with Crippen molar-refractivity contribution in [3.63, 3.8) is 0 Å². The van der Waals surface area contributed by atoms with Crippen LogP contribution in [-0.4, -0.2) is 22.9 Å². The second-order valence-electron chi connectivity index (χ2n) is 4.90. The van der Waals surface area contributed by atoms with E-state index < -0.39 is 6.04 Å². The Morgan fingerprint density at radius 2 is 1.87 bits per heavy atom. The Balaban J connectivity index is 1.74. The van der Waals surface area contributed by atoms with Gasteiger partial charge in [0.15, 0.2) is 5.13 Å². The molecule has 0 spiro atoms. The fraction of sp³-hybridized carbons (Fsp3) is 0.118. The minimum Gasteiger partial charge on any atom is -0.305 e. The van der Waals surface area contributed by atoms with Crippen molar-refractivity contribution in [1.29, 1.82) is 0 Å². The van der Waals surface area contributed by atoms with Crippen LogP contribution in [0.2, 0.25) is 0 Å². The van der Waals surface area contributed by atoms with E-state index in [4.69, 9.17) is 0 Å². The predicted octanol–water partition coefficient (Wildman–Crippen LogP) is 3.10. The lowest BCUT2D eigenvalue weighted by atomic mass is 10.1. The zero-order valence-corrected chi connectivity index (χ0v) is 13.4. The molecule has 1 aromatic carbocycles. The molecule has 1 amide bonds. The Kier molecular flexibility index (Phi) is 4.75. The lowest BCUT2D eigenvalue weighted by Gasteiger charge is -2.15. The van der Waals surface area contributed by atoms with Gasteiger partial charge in [-0.2, -0.15) is 0 Å². The molecule has 2 heterocycles. The van der Waals surface area contributed by atoms with E-state index in [1.54, 1.807) is 19.4 Å². The summed E-state index contributed by atoms with van der Waals surface area (Å²) < 4.78 is 0. The molecule has 5 nitrogen and oxygen atoms in total. The summed E-state index contributed by atoms with van der Waals surface area (Å²) in [6, 6.07) is 13.0. The topological polar surface area (TPSA) is 66.9 Å². The van der Waals surface area contributed by atoms with Gasteiger partial charge in [-0.1, -0.05) is 30.3 Å². The van der Waals surface area contributed by atoms with Crippen LogP contribution in [0.4, 0.5) is 5.13 Å². The second-order valence-corrected chi connectivity index (χ2v) is 5.75. The van der Waals surface area contributed by atoms with Gasteiger partial charge in [0.1, 0.15) is 6.04 Å². The van der Waals surface area contributed by atoms with E-state index >= 15 is 0 Å². The molecule has 0 aliphatic heterocycles. The summed E-state index contributed by atoms with van der Waals surface area (Å²) in [6.07, 6.45) is 3.44. The Morgan fingerprint density at radius 3 is 2.57 bits per heavy atom. The van der Waals surface area contributed by atoms with E-state index in [0.717, 1.165) is 16.8 Å². The molecular weight excluding hydrogens is 308 g/mol. The van der Waals surface area contributed by atoms with Crippen LogP contribution in [0.1, 0.15) is 11.6 Å². The second kappa shape index (κ2) is 7.13. The summed E-state index contributed by atoms with van der Waals surface area (Å²) in [4.78, 5) is 20.9. The van der Waals surface area contributed by atoms with Crippen molar-refractivity contribution < 1.29 is 4.79 Å². The van der Waals surface area contributed by atoms with Gasteiger partial charge in [-0.15, -0.1) is 11.3 Å². The largest absolute Gasteiger partial charge is 0.305 e. The molecule has 0 bridgehead atoms. The molecule has 0 saturated carbocycles. The highest BCUT2D eigenvalue weighted by Gasteiger charge is 2.19. The first-order valence-electron chi connectivity index (χ1n) is 7.17. The van der Waals surface area contributed by atoms with E-state index in [1.807, 2.05) is 47.8 Å². The molecule has 3 rings (SSSR count). The van der Waals surface area contributed by atoms with Gasteiger partial charge in [-0.05, 0) is 24.7 Å². The zero-order chi connectivity index (χ0) is 16.1. The molecule has 6 heteroatoms. The van der Waals surface area contributed by atoms with Crippen LogP contribution >= 0.6 is 11.3 Å². The Labute approximate surface area is 138 Å². The van der Waals surface area contributed by atoms with Crippen molar-refractivity contribution in [3.8, 4) is 11.3 Å². The van der Waals surface area contributed by atoms with Crippen molar-refractivity contribution in [2.24, 2.45) is 0 Å². The van der Waals surface area contributed by atoms with Crippen molar-refractivity contribution in [3.05, 3.63) is 65.8 Å². The van der Waals surface area contributed by atoms with Gasteiger partial charge < -0.3 is 10.6 Å². The van der Waals surface area contributed by atoms with Gasteiger partial charge >= 0.3 is 0 Å². The predicted molar refractivity (Wildman–Crippen MR) is 92.2 cm³/mol. The summed E-state index contributed by atoms with van der Waals surface area (Å²) in [5.74, 6) is -0.130. The third kappa shape index (κ3) is 3.61. The maximum atomic E-state index is 12.5. The number of anilines is 1. The van der Waals surface area contributed by atoms with E-state index in [1.165, 1.54) is 11.3 Å². The van der Waals surface area contributed by atoms with Crippen molar-refractivity contribution in [2.75, 3.05) is 12.4 Å². The molecule has 116 valence electrons. The Morgan fingerprint density at radius 1 is 1.13 bits per heavy atom. The Bertz CT molecular complexity index is 774. The number of nitrogens with zero attached hydrogens (tertiary/aromatic N) is 2. The van der Waals surface area contributed by atoms with E-state index in [-0.39, 0.29) is 5.91 Å². The monoisotopic (exact) mass is 324 g/mol. The summed E-state index contributed by atoms with van der Waals surface area (Å²) in [5.41, 5.74) is 2.72.